The number of aryl methyl sites for hydroxylation is 1. The minimum atomic E-state index is -5.05. The fraction of sp³-hybridized carbons (Fsp3) is 0.154. The quantitative estimate of drug-likeness (QED) is 0.447. The molecule has 2 aliphatic heterocycles. The first-order chi connectivity index (χ1) is 16.7. The summed E-state index contributed by atoms with van der Waals surface area (Å²) in [4.78, 5) is 28.4. The van der Waals surface area contributed by atoms with Crippen molar-refractivity contribution in [2.75, 3.05) is 4.90 Å². The highest BCUT2D eigenvalue weighted by molar-refractivity contribution is 8.03. The summed E-state index contributed by atoms with van der Waals surface area (Å²) in [6.07, 6.45) is -5.05. The number of thioether (sulfide) groups is 1. The number of nitrogens with one attached hydrogen (secondary N) is 1. The van der Waals surface area contributed by atoms with Gasteiger partial charge in [0.15, 0.2) is 5.54 Å². The number of amides is 2. The normalized spacial score (nSPS) is 19.2. The first kappa shape index (κ1) is 23.0. The second-order valence-corrected chi connectivity index (χ2v) is 9.22. The molecule has 0 unspecified atom stereocenters. The van der Waals surface area contributed by atoms with E-state index >= 15 is 13.2 Å². The van der Waals surface area contributed by atoms with Crippen molar-refractivity contribution in [3.63, 3.8) is 0 Å². The van der Waals surface area contributed by atoms with Crippen molar-refractivity contribution in [1.29, 1.82) is 0 Å². The number of carbonyl (C=O) groups excluding carboxylic acids is 2. The van der Waals surface area contributed by atoms with Crippen LogP contribution >= 0.6 is 11.8 Å². The predicted molar refractivity (Wildman–Crippen MR) is 125 cm³/mol. The van der Waals surface area contributed by atoms with Crippen LogP contribution in [0, 0.1) is 6.92 Å². The van der Waals surface area contributed by atoms with Crippen LogP contribution in [0.4, 0.5) is 23.7 Å². The molecule has 0 aromatic heterocycles. The molecule has 0 spiro atoms. The van der Waals surface area contributed by atoms with Gasteiger partial charge in [-0.1, -0.05) is 84.1 Å². The highest BCUT2D eigenvalue weighted by atomic mass is 32.2. The maximum atomic E-state index is 15.0. The molecule has 3 aromatic carbocycles. The molecule has 5 rings (SSSR count). The van der Waals surface area contributed by atoms with E-state index < -0.39 is 29.3 Å². The number of esters is 1. The molecule has 0 fully saturated rings. The molecule has 0 radical (unpaired) electrons. The van der Waals surface area contributed by atoms with E-state index in [1.54, 1.807) is 61.5 Å². The van der Waals surface area contributed by atoms with Crippen LogP contribution in [0.25, 0.3) is 0 Å². The second kappa shape index (κ2) is 8.49. The monoisotopic (exact) mass is 496 g/mol. The molecular weight excluding hydrogens is 477 g/mol. The Morgan fingerprint density at radius 2 is 1.66 bits per heavy atom. The average molecular weight is 497 g/mol. The van der Waals surface area contributed by atoms with E-state index in [2.05, 4.69) is 5.32 Å². The van der Waals surface area contributed by atoms with Crippen LogP contribution < -0.4 is 10.2 Å². The number of nitrogens with zero attached hydrogens (tertiary/aromatic N) is 1. The van der Waals surface area contributed by atoms with Crippen molar-refractivity contribution < 1.29 is 27.5 Å². The van der Waals surface area contributed by atoms with Gasteiger partial charge < -0.3 is 10.1 Å². The minimum Gasteiger partial charge on any atom is -0.457 e. The Labute approximate surface area is 203 Å². The first-order valence-corrected chi connectivity index (χ1v) is 11.5. The van der Waals surface area contributed by atoms with Gasteiger partial charge in [0.25, 0.3) is 0 Å². The summed E-state index contributed by atoms with van der Waals surface area (Å²) in [5, 5.41) is 2.02. The third kappa shape index (κ3) is 3.76. The number of anilines is 1. The summed E-state index contributed by atoms with van der Waals surface area (Å²) in [5.74, 6) is -1.16. The van der Waals surface area contributed by atoms with Gasteiger partial charge in [-0.2, -0.15) is 13.2 Å². The van der Waals surface area contributed by atoms with E-state index in [1.807, 2.05) is 0 Å². The van der Waals surface area contributed by atoms with Gasteiger partial charge in [-0.05, 0) is 30.2 Å². The third-order valence-corrected chi connectivity index (χ3v) is 7.07. The predicted octanol–water partition coefficient (Wildman–Crippen LogP) is 6.04. The van der Waals surface area contributed by atoms with Crippen molar-refractivity contribution in [2.45, 2.75) is 30.1 Å². The highest BCUT2D eigenvalue weighted by Crippen LogP contribution is 2.56. The van der Waals surface area contributed by atoms with Gasteiger partial charge in [0.1, 0.15) is 17.2 Å². The lowest BCUT2D eigenvalue weighted by atomic mass is 9.80. The maximum absolute atomic E-state index is 15.0. The van der Waals surface area contributed by atoms with Gasteiger partial charge in [-0.15, -0.1) is 0 Å². The number of ether oxygens (including phenoxy) is 1. The molecule has 0 saturated heterocycles. The smallest absolute Gasteiger partial charge is 0.420 e. The number of halogens is 3. The van der Waals surface area contributed by atoms with Crippen molar-refractivity contribution in [3.8, 4) is 0 Å². The topological polar surface area (TPSA) is 58.6 Å². The lowest BCUT2D eigenvalue weighted by molar-refractivity contribution is -0.190. The molecule has 1 atom stereocenters. The van der Waals surface area contributed by atoms with Gasteiger partial charge in [0.2, 0.25) is 0 Å². The van der Waals surface area contributed by atoms with E-state index in [4.69, 9.17) is 4.74 Å². The summed E-state index contributed by atoms with van der Waals surface area (Å²) in [7, 11) is 0. The fourth-order valence-electron chi connectivity index (χ4n) is 4.22. The summed E-state index contributed by atoms with van der Waals surface area (Å²) in [6, 6.07) is 20.0. The molecule has 0 bridgehead atoms. The maximum Gasteiger partial charge on any atom is 0.420 e. The van der Waals surface area contributed by atoms with Crippen LogP contribution in [0.2, 0.25) is 0 Å². The van der Waals surface area contributed by atoms with Gasteiger partial charge >= 0.3 is 18.2 Å². The zero-order valence-corrected chi connectivity index (χ0v) is 19.2. The molecule has 3 aromatic rings. The number of alkyl halides is 3. The zero-order valence-electron chi connectivity index (χ0n) is 18.4. The van der Waals surface area contributed by atoms with Crippen molar-refractivity contribution in [2.24, 2.45) is 0 Å². The molecule has 1 N–H and O–H groups in total. The molecule has 9 heteroatoms. The number of fused-ring (bicyclic) bond motifs is 3. The molecule has 5 nitrogen and oxygen atoms in total. The summed E-state index contributed by atoms with van der Waals surface area (Å²) in [6.45, 7) is 1.52. The Morgan fingerprint density at radius 3 is 2.34 bits per heavy atom. The SMILES string of the molecule is Cc1ccc([C@@]2(C(F)(F)F)NC(=O)N3C(=C2C(=O)OCc2ccccc2)Sc2ccccc23)cc1. The molecular formula is C26H19F3N2O3S. The van der Waals surface area contributed by atoms with Gasteiger partial charge in [0.05, 0.1) is 5.69 Å². The molecule has 178 valence electrons. The van der Waals surface area contributed by atoms with E-state index in [-0.39, 0.29) is 17.2 Å². The van der Waals surface area contributed by atoms with Crippen LogP contribution in [-0.2, 0) is 21.7 Å². The highest BCUT2D eigenvalue weighted by Gasteiger charge is 2.66. The number of rotatable bonds is 4. The standard InChI is InChI=1S/C26H19F3N2O3S/c1-16-11-13-18(14-12-16)25(26(27,28)29)21(23(32)34-15-17-7-3-2-4-8-17)22-31(24(33)30-25)19-9-5-6-10-20(19)35-22/h2-14H,15H2,1H3,(H,30,33)/t25-/m1/s1. The van der Waals surface area contributed by atoms with E-state index in [9.17, 15) is 9.59 Å². The van der Waals surface area contributed by atoms with Crippen molar-refractivity contribution in [1.82, 2.24) is 5.32 Å². The Bertz CT molecular complexity index is 1340. The zero-order chi connectivity index (χ0) is 24.8. The molecule has 0 aliphatic carbocycles. The molecule has 2 aliphatic rings. The van der Waals surface area contributed by atoms with Crippen LogP contribution in [0.3, 0.4) is 0 Å². The lowest BCUT2D eigenvalue weighted by Crippen LogP contribution is -2.64. The van der Waals surface area contributed by atoms with Gasteiger partial charge in [0, 0.05) is 4.90 Å². The lowest BCUT2D eigenvalue weighted by Gasteiger charge is -2.43. The van der Waals surface area contributed by atoms with Crippen LogP contribution in [0.5, 0.6) is 0 Å². The van der Waals surface area contributed by atoms with Gasteiger partial charge in [-0.3, -0.25) is 4.90 Å². The Kier molecular flexibility index (Phi) is 5.59. The van der Waals surface area contributed by atoms with Crippen molar-refractivity contribution in [3.05, 3.63) is 106 Å². The summed E-state index contributed by atoms with van der Waals surface area (Å²) < 4.78 is 50.5. The van der Waals surface area contributed by atoms with E-state index in [0.717, 1.165) is 22.2 Å². The average Bonchev–Trinajstić information content (AvgIpc) is 3.22. The van der Waals surface area contributed by atoms with E-state index in [1.165, 1.54) is 24.3 Å². The summed E-state index contributed by atoms with van der Waals surface area (Å²) >= 11 is 0.942. The molecule has 2 heterocycles. The van der Waals surface area contributed by atoms with Crippen LogP contribution in [0.15, 0.2) is 94.4 Å². The number of hydrogen-bond acceptors (Lipinski definition) is 4. The summed E-state index contributed by atoms with van der Waals surface area (Å²) in [5.41, 5.74) is -2.29. The number of benzene rings is 3. The second-order valence-electron chi connectivity index (χ2n) is 8.19. The minimum absolute atomic E-state index is 0.120. The van der Waals surface area contributed by atoms with Gasteiger partial charge in [-0.25, -0.2) is 9.59 Å². The first-order valence-electron chi connectivity index (χ1n) is 10.7. The van der Waals surface area contributed by atoms with Crippen LogP contribution in [0.1, 0.15) is 16.7 Å². The number of carbonyl (C=O) groups is 2. The van der Waals surface area contributed by atoms with Crippen LogP contribution in [-0.4, -0.2) is 18.2 Å². The number of hydrogen-bond donors (Lipinski definition) is 1. The van der Waals surface area contributed by atoms with Crippen molar-refractivity contribution >= 4 is 29.4 Å². The fourth-order valence-corrected chi connectivity index (χ4v) is 5.45. The number of para-hydroxylation sites is 1. The molecule has 0 saturated carbocycles. The number of urea groups is 1. The third-order valence-electron chi connectivity index (χ3n) is 5.93. The Hall–Kier alpha value is -3.72. The Morgan fingerprint density at radius 1 is 1.00 bits per heavy atom. The Balaban J connectivity index is 1.71. The largest absolute Gasteiger partial charge is 0.457 e. The molecule has 2 amide bonds. The molecule has 35 heavy (non-hydrogen) atoms. The van der Waals surface area contributed by atoms with E-state index in [0.29, 0.717) is 16.1 Å².